The number of benzene rings is 1. The Hall–Kier alpha value is -3.30. The number of carbonyl (C=O) groups excluding carboxylic acids is 3. The molecule has 0 aliphatic carbocycles. The number of carbonyl (C=O) groups is 3. The van der Waals surface area contributed by atoms with Crippen molar-refractivity contribution in [2.45, 2.75) is 78.5 Å². The van der Waals surface area contributed by atoms with E-state index in [4.69, 9.17) is 19.3 Å². The van der Waals surface area contributed by atoms with Gasteiger partial charge < -0.3 is 24.4 Å². The lowest BCUT2D eigenvalue weighted by atomic mass is 9.82. The number of amides is 3. The van der Waals surface area contributed by atoms with Gasteiger partial charge in [-0.05, 0) is 58.7 Å². The molecule has 37 heavy (non-hydrogen) atoms. The van der Waals surface area contributed by atoms with Crippen LogP contribution in [-0.4, -0.2) is 78.5 Å². The van der Waals surface area contributed by atoms with Crippen molar-refractivity contribution < 1.29 is 28.6 Å². The van der Waals surface area contributed by atoms with Crippen LogP contribution < -0.4 is 14.8 Å². The lowest BCUT2D eigenvalue weighted by Gasteiger charge is -2.42. The Morgan fingerprint density at radius 2 is 1.73 bits per heavy atom. The summed E-state index contributed by atoms with van der Waals surface area (Å²) >= 11 is 0. The van der Waals surface area contributed by atoms with Crippen LogP contribution >= 0.6 is 0 Å². The molecular formula is C27H40N4O6. The fourth-order valence-corrected chi connectivity index (χ4v) is 4.59. The first-order valence-corrected chi connectivity index (χ1v) is 12.7. The van der Waals surface area contributed by atoms with Crippen molar-refractivity contribution in [3.05, 3.63) is 23.8 Å². The molecular weight excluding hydrogens is 476 g/mol. The summed E-state index contributed by atoms with van der Waals surface area (Å²) in [4.78, 5) is 40.0. The zero-order chi connectivity index (χ0) is 27.5. The van der Waals surface area contributed by atoms with Crippen LogP contribution in [0.25, 0.3) is 0 Å². The number of piperidine rings is 1. The van der Waals surface area contributed by atoms with Crippen LogP contribution in [0.1, 0.15) is 66.4 Å². The minimum atomic E-state index is -0.711. The minimum absolute atomic E-state index is 0.0264. The maximum atomic E-state index is 13.3. The molecule has 3 amide bonds. The van der Waals surface area contributed by atoms with Gasteiger partial charge >= 0.3 is 6.09 Å². The van der Waals surface area contributed by atoms with Crippen LogP contribution in [0.4, 0.5) is 4.79 Å². The van der Waals surface area contributed by atoms with E-state index in [-0.39, 0.29) is 17.9 Å². The van der Waals surface area contributed by atoms with Gasteiger partial charge in [0.2, 0.25) is 11.8 Å². The summed E-state index contributed by atoms with van der Waals surface area (Å²) in [6.45, 7) is 11.8. The average molecular weight is 517 g/mol. The number of nitrogens with zero attached hydrogens (tertiary/aromatic N) is 3. The predicted molar refractivity (Wildman–Crippen MR) is 140 cm³/mol. The topological polar surface area (TPSA) is 110 Å². The fourth-order valence-electron chi connectivity index (χ4n) is 4.59. The van der Waals surface area contributed by atoms with E-state index in [0.29, 0.717) is 43.9 Å². The molecule has 0 radical (unpaired) electrons. The predicted octanol–water partition coefficient (Wildman–Crippen LogP) is 3.57. The molecule has 1 atom stereocenters. The molecule has 1 aromatic carbocycles. The molecule has 1 saturated heterocycles. The van der Waals surface area contributed by atoms with Gasteiger partial charge in [0, 0.05) is 25.1 Å². The van der Waals surface area contributed by atoms with Gasteiger partial charge in [-0.2, -0.15) is 5.10 Å². The summed E-state index contributed by atoms with van der Waals surface area (Å²) < 4.78 is 16.1. The normalized spacial score (nSPS) is 19.1. The quantitative estimate of drug-likeness (QED) is 0.619. The molecule has 0 aromatic heterocycles. The second-order valence-corrected chi connectivity index (χ2v) is 11.3. The van der Waals surface area contributed by atoms with Gasteiger partial charge in [0.15, 0.2) is 11.5 Å². The van der Waals surface area contributed by atoms with Crippen molar-refractivity contribution in [3.63, 3.8) is 0 Å². The second-order valence-electron chi connectivity index (χ2n) is 11.3. The third-order valence-corrected chi connectivity index (χ3v) is 6.57. The number of hydrogen-bond acceptors (Lipinski definition) is 7. The Morgan fingerprint density at radius 3 is 2.30 bits per heavy atom. The Kier molecular flexibility index (Phi) is 8.39. The van der Waals surface area contributed by atoms with Crippen LogP contribution in [0, 0.1) is 5.41 Å². The van der Waals surface area contributed by atoms with Crippen molar-refractivity contribution in [1.82, 2.24) is 15.2 Å². The number of likely N-dealkylation sites (tertiary alicyclic amines) is 1. The van der Waals surface area contributed by atoms with Crippen LogP contribution in [0.2, 0.25) is 0 Å². The number of nitrogens with one attached hydrogen (secondary N) is 1. The molecule has 204 valence electrons. The van der Waals surface area contributed by atoms with E-state index in [9.17, 15) is 14.4 Å². The molecule has 2 heterocycles. The molecule has 1 fully saturated rings. The van der Waals surface area contributed by atoms with Crippen molar-refractivity contribution in [2.75, 3.05) is 27.3 Å². The maximum absolute atomic E-state index is 13.3. The SMILES string of the molecule is COc1ccc(C2=NN(C3CCN(C(=O)[C@@H](C)NC(=O)OC(C)(C)C)CC3)C(=O)C(C)(C)C2)cc1OC. The Morgan fingerprint density at radius 1 is 1.11 bits per heavy atom. The van der Waals surface area contributed by atoms with Crippen molar-refractivity contribution >= 4 is 23.6 Å². The fraction of sp³-hybridized carbons (Fsp3) is 0.630. The standard InChI is InChI=1S/C27H40N4O6/c1-17(28-25(34)37-26(2,3)4)23(32)30-13-11-19(12-14-30)31-24(33)27(5,6)16-20(29-31)18-9-10-21(35-7)22(15-18)36-8/h9-10,15,17,19H,11-14,16H2,1-8H3,(H,28,34)/t17-/m1/s1. The lowest BCUT2D eigenvalue weighted by molar-refractivity contribution is -0.145. The number of hydrazone groups is 1. The minimum Gasteiger partial charge on any atom is -0.493 e. The highest BCUT2D eigenvalue weighted by atomic mass is 16.6. The highest BCUT2D eigenvalue weighted by Crippen LogP contribution is 2.36. The van der Waals surface area contributed by atoms with E-state index in [2.05, 4.69) is 5.32 Å². The molecule has 10 heteroatoms. The summed E-state index contributed by atoms with van der Waals surface area (Å²) in [5.41, 5.74) is 0.413. The molecule has 0 unspecified atom stereocenters. The first kappa shape index (κ1) is 28.3. The van der Waals surface area contributed by atoms with E-state index in [1.165, 1.54) is 0 Å². The van der Waals surface area contributed by atoms with Crippen molar-refractivity contribution in [3.8, 4) is 11.5 Å². The smallest absolute Gasteiger partial charge is 0.408 e. The van der Waals surface area contributed by atoms with Crippen LogP contribution in [0.3, 0.4) is 0 Å². The first-order valence-electron chi connectivity index (χ1n) is 12.7. The van der Waals surface area contributed by atoms with E-state index in [0.717, 1.165) is 11.3 Å². The highest BCUT2D eigenvalue weighted by Gasteiger charge is 2.42. The maximum Gasteiger partial charge on any atom is 0.408 e. The summed E-state index contributed by atoms with van der Waals surface area (Å²) in [6.07, 6.45) is 1.06. The van der Waals surface area contributed by atoms with Gasteiger partial charge in [-0.3, -0.25) is 9.59 Å². The second kappa shape index (κ2) is 11.0. The van der Waals surface area contributed by atoms with E-state index < -0.39 is 23.2 Å². The average Bonchev–Trinajstić information content (AvgIpc) is 2.83. The molecule has 3 rings (SSSR count). The van der Waals surface area contributed by atoms with Crippen molar-refractivity contribution in [2.24, 2.45) is 10.5 Å². The number of alkyl carbamates (subject to hydrolysis) is 1. The number of methoxy groups -OCH3 is 2. The lowest BCUT2D eigenvalue weighted by Crippen LogP contribution is -2.55. The zero-order valence-corrected chi connectivity index (χ0v) is 23.2. The first-order chi connectivity index (χ1) is 17.3. The molecule has 2 aliphatic rings. The molecule has 0 saturated carbocycles. The third kappa shape index (κ3) is 6.72. The van der Waals surface area contributed by atoms with Crippen LogP contribution in [-0.2, 0) is 14.3 Å². The number of rotatable bonds is 6. The van der Waals surface area contributed by atoms with E-state index >= 15 is 0 Å². The zero-order valence-electron chi connectivity index (χ0n) is 23.2. The molecule has 0 bridgehead atoms. The molecule has 10 nitrogen and oxygen atoms in total. The summed E-state index contributed by atoms with van der Waals surface area (Å²) in [6, 6.07) is 4.80. The van der Waals surface area contributed by atoms with Gasteiger partial charge in [0.25, 0.3) is 0 Å². The van der Waals surface area contributed by atoms with Gasteiger partial charge in [0.1, 0.15) is 11.6 Å². The number of hydrogen-bond donors (Lipinski definition) is 1. The van der Waals surface area contributed by atoms with Gasteiger partial charge in [-0.15, -0.1) is 0 Å². The summed E-state index contributed by atoms with van der Waals surface area (Å²) in [7, 11) is 3.17. The molecule has 0 spiro atoms. The summed E-state index contributed by atoms with van der Waals surface area (Å²) in [5.74, 6) is 1.03. The Labute approximate surface area is 219 Å². The van der Waals surface area contributed by atoms with Gasteiger partial charge in [0.05, 0.1) is 31.4 Å². The third-order valence-electron chi connectivity index (χ3n) is 6.57. The highest BCUT2D eigenvalue weighted by molar-refractivity contribution is 6.06. The molecule has 1 N–H and O–H groups in total. The van der Waals surface area contributed by atoms with Crippen LogP contribution in [0.15, 0.2) is 23.3 Å². The summed E-state index contributed by atoms with van der Waals surface area (Å²) in [5, 5.41) is 9.01. The Balaban J connectivity index is 1.70. The Bertz CT molecular complexity index is 1050. The van der Waals surface area contributed by atoms with Gasteiger partial charge in [-0.1, -0.05) is 13.8 Å². The monoisotopic (exact) mass is 516 g/mol. The molecule has 1 aromatic rings. The van der Waals surface area contributed by atoms with Gasteiger partial charge in [-0.25, -0.2) is 9.80 Å². The van der Waals surface area contributed by atoms with Crippen LogP contribution in [0.5, 0.6) is 11.5 Å². The molecule has 2 aliphatic heterocycles. The number of ether oxygens (including phenoxy) is 3. The van der Waals surface area contributed by atoms with E-state index in [1.54, 1.807) is 51.8 Å². The largest absolute Gasteiger partial charge is 0.493 e. The van der Waals surface area contributed by atoms with E-state index in [1.807, 2.05) is 32.0 Å². The van der Waals surface area contributed by atoms with Crippen molar-refractivity contribution in [1.29, 1.82) is 0 Å².